The van der Waals surface area contributed by atoms with Crippen molar-refractivity contribution in [1.82, 2.24) is 0 Å². The van der Waals surface area contributed by atoms with Crippen molar-refractivity contribution in [2.24, 2.45) is 0 Å². The predicted octanol–water partition coefficient (Wildman–Crippen LogP) is -4.58. The van der Waals surface area contributed by atoms with Crippen LogP contribution in [0.3, 0.4) is 0 Å². The molecule has 0 saturated carbocycles. The van der Waals surface area contributed by atoms with Crippen LogP contribution in [0.15, 0.2) is 0 Å². The Hall–Kier alpha value is 7.15. The van der Waals surface area contributed by atoms with Gasteiger partial charge in [0.1, 0.15) is 0 Å². The third kappa shape index (κ3) is 38.0. The van der Waals surface area contributed by atoms with Gasteiger partial charge in [-0.3, -0.25) is 0 Å². The van der Waals surface area contributed by atoms with Gasteiger partial charge in [0, 0.05) is 93.3 Å². The average molecular weight is 1320 g/mol. The van der Waals surface area contributed by atoms with Crippen LogP contribution in [0.4, 0.5) is 0 Å². The first-order valence-electron chi connectivity index (χ1n) is 0. The van der Waals surface area contributed by atoms with Crippen LogP contribution in [-0.2, 0) is 0 Å². The molecule has 0 atom stereocenters. The van der Waals surface area contributed by atoms with Crippen LogP contribution < -0.4 is 0 Å². The zero-order valence-electron chi connectivity index (χ0n) is 5.04. The third-order valence-electron chi connectivity index (χ3n) is 0. The SMILES string of the molecule is [SnH2].[SnH2].[SnH2].[SnH2].[SnH2].[U].[U].[U]. The molecule has 0 aliphatic carbocycles. The average Bonchev–Trinajstić information content (AvgIpc) is 0. The second kappa shape index (κ2) is 47.9. The second-order valence-electron chi connectivity index (χ2n) is 0. The summed E-state index contributed by atoms with van der Waals surface area (Å²) in [6.45, 7) is 0. The molecule has 0 aliphatic rings. The topological polar surface area (TPSA) is 0 Å². The smallest absolute Gasteiger partial charge is 0 e. The van der Waals surface area contributed by atoms with Crippen molar-refractivity contribution in [2.75, 3.05) is 0 Å². The molecule has 0 bridgehead atoms. The fourth-order valence-corrected chi connectivity index (χ4v) is 0. The van der Waals surface area contributed by atoms with Gasteiger partial charge in [0.25, 0.3) is 0 Å². The third-order valence-corrected chi connectivity index (χ3v) is 0. The van der Waals surface area contributed by atoms with Crippen molar-refractivity contribution >= 4 is 120 Å². The largest absolute Gasteiger partial charge is 0 e. The van der Waals surface area contributed by atoms with Crippen LogP contribution in [0, 0.1) is 93.3 Å². The molecule has 0 N–H and O–H groups in total. The molecule has 8 heavy (non-hydrogen) atoms. The van der Waals surface area contributed by atoms with Crippen molar-refractivity contribution in [2.45, 2.75) is 0 Å². The zero-order valence-corrected chi connectivity index (χ0v) is 37.7. The van der Waals surface area contributed by atoms with E-state index in [0.717, 1.165) is 0 Å². The minimum Gasteiger partial charge on any atom is 0 e. The Balaban J connectivity index is 0. The van der Waals surface area contributed by atoms with Crippen LogP contribution in [-0.4, -0.2) is 120 Å². The summed E-state index contributed by atoms with van der Waals surface area (Å²) in [6.07, 6.45) is 0. The van der Waals surface area contributed by atoms with Gasteiger partial charge in [-0.05, 0) is 0 Å². The van der Waals surface area contributed by atoms with Crippen LogP contribution >= 0.6 is 0 Å². The predicted molar refractivity (Wildman–Crippen MR) is 42.7 cm³/mol. The quantitative estimate of drug-likeness (QED) is 0.215. The molecule has 0 aliphatic heterocycles. The van der Waals surface area contributed by atoms with Crippen molar-refractivity contribution in [3.05, 3.63) is 0 Å². The summed E-state index contributed by atoms with van der Waals surface area (Å²) in [5.41, 5.74) is 0. The summed E-state index contributed by atoms with van der Waals surface area (Å²) in [6, 6.07) is 0. The van der Waals surface area contributed by atoms with Crippen molar-refractivity contribution in [1.29, 1.82) is 0 Å². The molecule has 0 saturated heterocycles. The Morgan fingerprint density at radius 3 is 0.250 bits per heavy atom. The summed E-state index contributed by atoms with van der Waals surface area (Å²) in [5, 5.41) is 0. The molecule has 0 fully saturated rings. The first kappa shape index (κ1) is 59.3. The van der Waals surface area contributed by atoms with Crippen LogP contribution in [0.1, 0.15) is 0 Å². The first-order valence-corrected chi connectivity index (χ1v) is 0. The molecule has 10 radical (unpaired) electrons. The van der Waals surface area contributed by atoms with Crippen molar-refractivity contribution in [3.8, 4) is 0 Å². The van der Waals surface area contributed by atoms with Crippen LogP contribution in [0.2, 0.25) is 0 Å². The molecule has 0 rings (SSSR count). The Bertz CT molecular complexity index is 7.64. The van der Waals surface area contributed by atoms with Crippen LogP contribution in [0.5, 0.6) is 0 Å². The fraction of sp³-hybridized carbons (Fsp3) is 0. The summed E-state index contributed by atoms with van der Waals surface area (Å²) in [7, 11) is 0. The van der Waals surface area contributed by atoms with E-state index in [1.54, 1.807) is 0 Å². The molecule has 0 aromatic rings. The van der Waals surface area contributed by atoms with Gasteiger partial charge < -0.3 is 0 Å². The maximum absolute atomic E-state index is 0. The first-order chi connectivity index (χ1) is 0. The van der Waals surface area contributed by atoms with Gasteiger partial charge in [-0.25, -0.2) is 0 Å². The van der Waals surface area contributed by atoms with E-state index in [1.165, 1.54) is 0 Å². The molecule has 0 amide bonds. The monoisotopic (exact) mass is 1320 g/mol. The second-order valence-corrected chi connectivity index (χ2v) is 0. The Morgan fingerprint density at radius 2 is 0.250 bits per heavy atom. The van der Waals surface area contributed by atoms with E-state index in [2.05, 4.69) is 0 Å². The molecule has 0 aromatic heterocycles. The molecule has 0 aromatic carbocycles. The molecular formula is H10Sn5U3. The molecule has 42 valence electrons. The Kier molecular flexibility index (Phi) is 355. The van der Waals surface area contributed by atoms with Crippen molar-refractivity contribution < 1.29 is 93.3 Å². The number of rotatable bonds is 0. The molecule has 0 unspecified atom stereocenters. The standard InChI is InChI=1S/5Sn.3U.10H. The normalized spacial score (nSPS) is 0. The van der Waals surface area contributed by atoms with Gasteiger partial charge in [-0.1, -0.05) is 0 Å². The molecular weight excluding hydrogens is 1310 g/mol. The van der Waals surface area contributed by atoms with E-state index in [0.29, 0.717) is 0 Å². The number of hydrogen-bond donors (Lipinski definition) is 0. The van der Waals surface area contributed by atoms with Gasteiger partial charge in [-0.15, -0.1) is 0 Å². The number of hydrogen-bond acceptors (Lipinski definition) is 0. The summed E-state index contributed by atoms with van der Waals surface area (Å²) in [4.78, 5) is 0. The molecule has 8 heteroatoms. The summed E-state index contributed by atoms with van der Waals surface area (Å²) < 4.78 is 0. The fourth-order valence-electron chi connectivity index (χ4n) is 0. The minimum atomic E-state index is 0. The van der Waals surface area contributed by atoms with Gasteiger partial charge in [0.2, 0.25) is 0 Å². The van der Waals surface area contributed by atoms with Gasteiger partial charge in [0.05, 0.1) is 0 Å². The van der Waals surface area contributed by atoms with E-state index >= 15 is 0 Å². The Labute approximate surface area is 206 Å². The summed E-state index contributed by atoms with van der Waals surface area (Å²) in [5.74, 6) is 0. The molecule has 0 heterocycles. The van der Waals surface area contributed by atoms with Gasteiger partial charge in [-0.2, -0.15) is 0 Å². The van der Waals surface area contributed by atoms with E-state index in [4.69, 9.17) is 0 Å². The maximum Gasteiger partial charge on any atom is 0 e. The van der Waals surface area contributed by atoms with Gasteiger partial charge in [0.15, 0.2) is 0 Å². The van der Waals surface area contributed by atoms with Crippen molar-refractivity contribution in [3.63, 3.8) is 0 Å². The Morgan fingerprint density at radius 1 is 0.250 bits per heavy atom. The maximum atomic E-state index is 0. The van der Waals surface area contributed by atoms with E-state index in [1.807, 2.05) is 0 Å². The van der Waals surface area contributed by atoms with E-state index < -0.39 is 0 Å². The zero-order chi connectivity index (χ0) is 0. The van der Waals surface area contributed by atoms with Crippen LogP contribution in [0.25, 0.3) is 0 Å². The molecule has 0 spiro atoms. The summed E-state index contributed by atoms with van der Waals surface area (Å²) >= 11 is 0. The van der Waals surface area contributed by atoms with E-state index in [-0.39, 0.29) is 213 Å². The van der Waals surface area contributed by atoms with Gasteiger partial charge >= 0.3 is 120 Å². The van der Waals surface area contributed by atoms with E-state index in [9.17, 15) is 0 Å². The minimum absolute atomic E-state index is 0. The molecule has 0 nitrogen and oxygen atoms in total.